The Kier molecular flexibility index (Phi) is 6.86. The first-order valence-corrected chi connectivity index (χ1v) is 10.7. The second-order valence-electron chi connectivity index (χ2n) is 7.59. The first-order chi connectivity index (χ1) is 13.1. The second-order valence-corrected chi connectivity index (χ2v) is 8.69. The van der Waals surface area contributed by atoms with Gasteiger partial charge in [0.1, 0.15) is 11.1 Å². The fourth-order valence-corrected chi connectivity index (χ4v) is 5.21. The fraction of sp³-hybridized carbons (Fsp3) is 0.650. The number of aryl methyl sites for hydroxylation is 1. The zero-order valence-corrected chi connectivity index (χ0v) is 16.8. The Labute approximate surface area is 164 Å². The number of rotatable bonds is 5. The number of likely N-dealkylation sites (tertiary alicyclic amines) is 1. The number of anilines is 1. The largest absolute Gasteiger partial charge is 0.356 e. The molecule has 1 aliphatic carbocycles. The van der Waals surface area contributed by atoms with Crippen LogP contribution < -0.4 is 10.6 Å². The predicted octanol–water partition coefficient (Wildman–Crippen LogP) is 2.68. The van der Waals surface area contributed by atoms with Gasteiger partial charge >= 0.3 is 0 Å². The molecule has 0 aromatic carbocycles. The molecule has 2 aliphatic rings. The number of nitriles is 1. The summed E-state index contributed by atoms with van der Waals surface area (Å²) < 4.78 is 0. The highest BCUT2D eigenvalue weighted by Crippen LogP contribution is 2.36. The first-order valence-electron chi connectivity index (χ1n) is 9.88. The topological polar surface area (TPSA) is 85.2 Å². The van der Waals surface area contributed by atoms with Crippen LogP contribution in [-0.4, -0.2) is 42.9 Å². The molecule has 2 N–H and O–H groups in total. The molecule has 0 spiro atoms. The Morgan fingerprint density at radius 2 is 1.96 bits per heavy atom. The van der Waals surface area contributed by atoms with E-state index in [-0.39, 0.29) is 11.8 Å². The summed E-state index contributed by atoms with van der Waals surface area (Å²) in [7, 11) is 0. The van der Waals surface area contributed by atoms with Crippen molar-refractivity contribution in [1.82, 2.24) is 10.2 Å². The molecular weight excluding hydrogens is 360 g/mol. The molecule has 6 nitrogen and oxygen atoms in total. The lowest BCUT2D eigenvalue weighted by molar-refractivity contribution is -0.119. The van der Waals surface area contributed by atoms with Crippen molar-refractivity contribution < 1.29 is 9.59 Å². The van der Waals surface area contributed by atoms with Crippen LogP contribution in [0.1, 0.15) is 55.0 Å². The predicted molar refractivity (Wildman–Crippen MR) is 107 cm³/mol. The number of hydrogen-bond donors (Lipinski definition) is 2. The van der Waals surface area contributed by atoms with E-state index in [4.69, 9.17) is 0 Å². The maximum Gasteiger partial charge on any atom is 0.239 e. The average Bonchev–Trinajstić information content (AvgIpc) is 2.80. The second kappa shape index (κ2) is 9.34. The van der Waals surface area contributed by atoms with Gasteiger partial charge in [0.15, 0.2) is 0 Å². The molecule has 1 fully saturated rings. The molecule has 7 heteroatoms. The summed E-state index contributed by atoms with van der Waals surface area (Å²) in [5, 5.41) is 16.2. The number of nitrogens with zero attached hydrogens (tertiary/aromatic N) is 2. The SMILES string of the molecule is CC(=O)NCC1CCN(CC(=O)Nc2sc3c(c2C#N)CCCCC3)CC1. The highest BCUT2D eigenvalue weighted by Gasteiger charge is 2.23. The molecule has 2 heterocycles. The average molecular weight is 389 g/mol. The van der Waals surface area contributed by atoms with Gasteiger partial charge in [0, 0.05) is 18.3 Å². The normalized spacial score (nSPS) is 18.2. The number of piperidine rings is 1. The van der Waals surface area contributed by atoms with Crippen LogP contribution >= 0.6 is 11.3 Å². The Morgan fingerprint density at radius 1 is 1.22 bits per heavy atom. The van der Waals surface area contributed by atoms with Gasteiger partial charge in [-0.2, -0.15) is 5.26 Å². The zero-order valence-electron chi connectivity index (χ0n) is 16.0. The third-order valence-corrected chi connectivity index (χ3v) is 6.71. The lowest BCUT2D eigenvalue weighted by atomic mass is 9.97. The summed E-state index contributed by atoms with van der Waals surface area (Å²) in [6.07, 6.45) is 7.46. The minimum Gasteiger partial charge on any atom is -0.356 e. The van der Waals surface area contributed by atoms with Crippen molar-refractivity contribution in [3.8, 4) is 6.07 Å². The van der Waals surface area contributed by atoms with E-state index in [9.17, 15) is 14.9 Å². The quantitative estimate of drug-likeness (QED) is 0.760. The van der Waals surface area contributed by atoms with Gasteiger partial charge in [-0.15, -0.1) is 11.3 Å². The minimum absolute atomic E-state index is 0.0134. The molecule has 2 amide bonds. The van der Waals surface area contributed by atoms with Gasteiger partial charge in [0.2, 0.25) is 11.8 Å². The first kappa shape index (κ1) is 19.8. The Balaban J connectivity index is 1.52. The molecule has 1 saturated heterocycles. The summed E-state index contributed by atoms with van der Waals surface area (Å²) >= 11 is 1.59. The van der Waals surface area contributed by atoms with Gasteiger partial charge in [-0.25, -0.2) is 0 Å². The monoisotopic (exact) mass is 388 g/mol. The van der Waals surface area contributed by atoms with Crippen LogP contribution in [0, 0.1) is 17.2 Å². The summed E-state index contributed by atoms with van der Waals surface area (Å²) in [6, 6.07) is 2.32. The number of thiophene rings is 1. The van der Waals surface area contributed by atoms with E-state index in [1.165, 1.54) is 17.7 Å². The van der Waals surface area contributed by atoms with Crippen molar-refractivity contribution in [3.05, 3.63) is 16.0 Å². The fourth-order valence-electron chi connectivity index (χ4n) is 3.95. The van der Waals surface area contributed by atoms with Crippen LogP contribution in [0.15, 0.2) is 0 Å². The van der Waals surface area contributed by atoms with E-state index < -0.39 is 0 Å². The maximum atomic E-state index is 12.5. The number of amides is 2. The molecule has 0 atom stereocenters. The summed E-state index contributed by atoms with van der Waals surface area (Å²) in [5.41, 5.74) is 1.84. The molecule has 146 valence electrons. The van der Waals surface area contributed by atoms with Crippen LogP contribution in [-0.2, 0) is 22.4 Å². The molecule has 0 bridgehead atoms. The summed E-state index contributed by atoms with van der Waals surface area (Å²) in [6.45, 7) is 4.36. The Bertz CT molecular complexity index is 729. The van der Waals surface area contributed by atoms with Crippen LogP contribution in [0.25, 0.3) is 0 Å². The van der Waals surface area contributed by atoms with Crippen LogP contribution in [0.5, 0.6) is 0 Å². The van der Waals surface area contributed by atoms with Crippen molar-refractivity contribution in [2.45, 2.75) is 51.9 Å². The minimum atomic E-state index is -0.0387. The highest BCUT2D eigenvalue weighted by molar-refractivity contribution is 7.16. The van der Waals surface area contributed by atoms with Crippen molar-refractivity contribution in [2.75, 3.05) is 31.5 Å². The number of carbonyl (C=O) groups excluding carboxylic acids is 2. The van der Waals surface area contributed by atoms with Gasteiger partial charge in [0.25, 0.3) is 0 Å². The van der Waals surface area contributed by atoms with E-state index >= 15 is 0 Å². The Morgan fingerprint density at radius 3 is 2.67 bits per heavy atom. The lowest BCUT2D eigenvalue weighted by Crippen LogP contribution is -2.41. The van der Waals surface area contributed by atoms with E-state index in [0.717, 1.165) is 62.3 Å². The van der Waals surface area contributed by atoms with E-state index in [2.05, 4.69) is 21.6 Å². The molecule has 0 radical (unpaired) electrons. The smallest absolute Gasteiger partial charge is 0.239 e. The van der Waals surface area contributed by atoms with Crippen molar-refractivity contribution >= 4 is 28.2 Å². The molecule has 1 aliphatic heterocycles. The van der Waals surface area contributed by atoms with Gasteiger partial charge in [-0.05, 0) is 63.1 Å². The summed E-state index contributed by atoms with van der Waals surface area (Å²) in [4.78, 5) is 27.0. The number of carbonyl (C=O) groups is 2. The van der Waals surface area contributed by atoms with Crippen LogP contribution in [0.3, 0.4) is 0 Å². The Hall–Kier alpha value is -1.91. The highest BCUT2D eigenvalue weighted by atomic mass is 32.1. The zero-order chi connectivity index (χ0) is 19.2. The van der Waals surface area contributed by atoms with Gasteiger partial charge in [-0.3, -0.25) is 14.5 Å². The number of nitrogens with one attached hydrogen (secondary N) is 2. The van der Waals surface area contributed by atoms with E-state index in [1.807, 2.05) is 0 Å². The van der Waals surface area contributed by atoms with Gasteiger partial charge < -0.3 is 10.6 Å². The maximum absolute atomic E-state index is 12.5. The van der Waals surface area contributed by atoms with Crippen LogP contribution in [0.2, 0.25) is 0 Å². The van der Waals surface area contributed by atoms with Gasteiger partial charge in [-0.1, -0.05) is 6.42 Å². The van der Waals surface area contributed by atoms with Crippen molar-refractivity contribution in [3.63, 3.8) is 0 Å². The number of fused-ring (bicyclic) bond motifs is 1. The molecule has 0 saturated carbocycles. The third kappa shape index (κ3) is 5.30. The molecular formula is C20H28N4O2S. The van der Waals surface area contributed by atoms with E-state index in [0.29, 0.717) is 18.0 Å². The molecule has 27 heavy (non-hydrogen) atoms. The molecule has 0 unspecified atom stereocenters. The van der Waals surface area contributed by atoms with Gasteiger partial charge in [0.05, 0.1) is 12.1 Å². The third-order valence-electron chi connectivity index (χ3n) is 5.50. The van der Waals surface area contributed by atoms with E-state index in [1.54, 1.807) is 18.3 Å². The van der Waals surface area contributed by atoms with Crippen molar-refractivity contribution in [1.29, 1.82) is 5.26 Å². The lowest BCUT2D eigenvalue weighted by Gasteiger charge is -2.31. The molecule has 3 rings (SSSR count). The van der Waals surface area contributed by atoms with Crippen molar-refractivity contribution in [2.24, 2.45) is 5.92 Å². The standard InChI is InChI=1S/C20H28N4O2S/c1-14(25)22-12-15-7-9-24(10-8-15)13-19(26)23-20-17(11-21)16-5-3-2-4-6-18(16)27-20/h15H,2-10,12-13H2,1H3,(H,22,25)(H,23,26). The molecule has 1 aromatic heterocycles. The number of hydrogen-bond acceptors (Lipinski definition) is 5. The molecule has 1 aromatic rings. The van der Waals surface area contributed by atoms with Crippen LogP contribution in [0.4, 0.5) is 5.00 Å². The summed E-state index contributed by atoms with van der Waals surface area (Å²) in [5.74, 6) is 0.467.